The van der Waals surface area contributed by atoms with Crippen molar-refractivity contribution in [3.8, 4) is 0 Å². The Hall–Kier alpha value is -1.99. The summed E-state index contributed by atoms with van der Waals surface area (Å²) in [4.78, 5) is 28.9. The van der Waals surface area contributed by atoms with E-state index in [0.29, 0.717) is 19.0 Å². The van der Waals surface area contributed by atoms with Crippen molar-refractivity contribution in [3.63, 3.8) is 0 Å². The van der Waals surface area contributed by atoms with Crippen LogP contribution in [0.3, 0.4) is 0 Å². The van der Waals surface area contributed by atoms with Gasteiger partial charge < -0.3 is 9.32 Å². The van der Waals surface area contributed by atoms with Crippen LogP contribution in [0.15, 0.2) is 10.6 Å². The molecule has 6 rings (SSSR count). The van der Waals surface area contributed by atoms with E-state index in [0.717, 1.165) is 67.9 Å². The van der Waals surface area contributed by atoms with Crippen molar-refractivity contribution in [2.24, 2.45) is 0 Å². The van der Waals surface area contributed by atoms with E-state index in [4.69, 9.17) is 4.42 Å². The average molecular weight is 396 g/mol. The normalized spacial score (nSPS) is 23.9. The first-order chi connectivity index (χ1) is 14.2. The van der Waals surface area contributed by atoms with Gasteiger partial charge in [0.2, 0.25) is 11.6 Å². The second-order valence-electron chi connectivity index (χ2n) is 9.19. The summed E-state index contributed by atoms with van der Waals surface area (Å²) < 4.78 is 6.10. The monoisotopic (exact) mass is 395 g/mol. The lowest BCUT2D eigenvalue weighted by molar-refractivity contribution is -0.135. The molecule has 0 atom stereocenters. The van der Waals surface area contributed by atoms with Gasteiger partial charge in [-0.3, -0.25) is 14.6 Å². The predicted octanol–water partition coefficient (Wildman–Crippen LogP) is 2.15. The van der Waals surface area contributed by atoms with E-state index in [1.807, 2.05) is 6.20 Å². The molecule has 4 heterocycles. The van der Waals surface area contributed by atoms with E-state index < -0.39 is 0 Å². The van der Waals surface area contributed by atoms with Crippen molar-refractivity contribution < 1.29 is 9.21 Å². The summed E-state index contributed by atoms with van der Waals surface area (Å²) in [6, 6.07) is 0.782. The maximum Gasteiger partial charge on any atom is 0.236 e. The zero-order valence-electron chi connectivity index (χ0n) is 17.0. The second kappa shape index (κ2) is 7.06. The first-order valence-corrected chi connectivity index (χ1v) is 11.3. The number of fused-ring (bicyclic) bond motifs is 3. The fraction of sp³-hybridized carbons (Fsp3) is 0.682. The van der Waals surface area contributed by atoms with E-state index in [-0.39, 0.29) is 5.91 Å². The molecule has 29 heavy (non-hydrogen) atoms. The van der Waals surface area contributed by atoms with Crippen LogP contribution in [0.25, 0.3) is 11.1 Å². The van der Waals surface area contributed by atoms with Crippen LogP contribution in [0.1, 0.15) is 55.2 Å². The predicted molar refractivity (Wildman–Crippen MR) is 109 cm³/mol. The molecule has 0 radical (unpaired) electrons. The topological polar surface area (TPSA) is 65.7 Å². The van der Waals surface area contributed by atoms with Gasteiger partial charge in [0.1, 0.15) is 11.6 Å². The number of hydrogen-bond acceptors (Lipinski definition) is 6. The van der Waals surface area contributed by atoms with E-state index in [1.54, 1.807) is 0 Å². The van der Waals surface area contributed by atoms with Crippen molar-refractivity contribution in [1.82, 2.24) is 24.7 Å². The maximum absolute atomic E-state index is 12.8. The number of piperazine rings is 1. The number of carbonyl (C=O) groups excluding carboxylic acids is 1. The number of nitrogens with zero attached hydrogens (tertiary/aromatic N) is 5. The van der Waals surface area contributed by atoms with Crippen LogP contribution in [0, 0.1) is 0 Å². The Morgan fingerprint density at radius 1 is 1.10 bits per heavy atom. The van der Waals surface area contributed by atoms with Crippen molar-refractivity contribution in [1.29, 1.82) is 0 Å². The van der Waals surface area contributed by atoms with Gasteiger partial charge in [-0.1, -0.05) is 6.42 Å². The van der Waals surface area contributed by atoms with E-state index in [9.17, 15) is 4.79 Å². The Labute approximate surface area is 171 Å². The molecule has 7 heteroatoms. The molecule has 2 aromatic heterocycles. The number of amides is 1. The summed E-state index contributed by atoms with van der Waals surface area (Å²) in [5.41, 5.74) is 1.97. The van der Waals surface area contributed by atoms with Gasteiger partial charge in [0, 0.05) is 56.4 Å². The summed E-state index contributed by atoms with van der Waals surface area (Å²) in [6.07, 6.45) is 9.28. The molecule has 0 unspecified atom stereocenters. The zero-order chi connectivity index (χ0) is 19.4. The van der Waals surface area contributed by atoms with Crippen LogP contribution in [0.5, 0.6) is 0 Å². The third-order valence-electron chi connectivity index (χ3n) is 7.26. The van der Waals surface area contributed by atoms with Crippen molar-refractivity contribution in [2.45, 2.75) is 57.0 Å². The lowest BCUT2D eigenvalue weighted by Crippen LogP contribution is -2.55. The number of furan rings is 1. The summed E-state index contributed by atoms with van der Waals surface area (Å²) in [5, 5.41) is 1.06. The molecule has 2 aliphatic heterocycles. The third-order valence-corrected chi connectivity index (χ3v) is 7.26. The largest absolute Gasteiger partial charge is 0.441 e. The molecule has 154 valence electrons. The Bertz CT molecular complexity index is 925. The van der Waals surface area contributed by atoms with Gasteiger partial charge >= 0.3 is 0 Å². The van der Waals surface area contributed by atoms with E-state index >= 15 is 0 Å². The Morgan fingerprint density at radius 3 is 2.66 bits per heavy atom. The maximum atomic E-state index is 12.8. The zero-order valence-corrected chi connectivity index (χ0v) is 17.0. The van der Waals surface area contributed by atoms with Gasteiger partial charge in [-0.05, 0) is 32.1 Å². The first kappa shape index (κ1) is 17.8. The van der Waals surface area contributed by atoms with Crippen LogP contribution in [-0.2, 0) is 17.8 Å². The average Bonchev–Trinajstić information content (AvgIpc) is 3.48. The summed E-state index contributed by atoms with van der Waals surface area (Å²) in [6.45, 7) is 5.88. The van der Waals surface area contributed by atoms with Crippen LogP contribution < -0.4 is 0 Å². The smallest absolute Gasteiger partial charge is 0.236 e. The number of carbonyl (C=O) groups is 1. The molecule has 0 bridgehead atoms. The highest BCUT2D eigenvalue weighted by molar-refractivity contribution is 5.80. The van der Waals surface area contributed by atoms with Gasteiger partial charge in [-0.25, -0.2) is 4.98 Å². The van der Waals surface area contributed by atoms with Gasteiger partial charge in [0.05, 0.1) is 18.5 Å². The molecule has 3 fully saturated rings. The van der Waals surface area contributed by atoms with Gasteiger partial charge in [0.15, 0.2) is 0 Å². The molecular weight excluding hydrogens is 366 g/mol. The summed E-state index contributed by atoms with van der Waals surface area (Å²) >= 11 is 0. The quantitative estimate of drug-likeness (QED) is 0.790. The van der Waals surface area contributed by atoms with E-state index in [1.165, 1.54) is 37.7 Å². The van der Waals surface area contributed by atoms with Crippen molar-refractivity contribution in [3.05, 3.63) is 23.3 Å². The highest BCUT2D eigenvalue weighted by Crippen LogP contribution is 2.39. The highest BCUT2D eigenvalue weighted by atomic mass is 16.3. The fourth-order valence-corrected chi connectivity index (χ4v) is 5.00. The molecule has 0 N–H and O–H groups in total. The van der Waals surface area contributed by atoms with E-state index in [2.05, 4.69) is 24.7 Å². The summed E-state index contributed by atoms with van der Waals surface area (Å²) in [7, 11) is 0. The first-order valence-electron chi connectivity index (χ1n) is 11.3. The minimum Gasteiger partial charge on any atom is -0.441 e. The molecule has 2 aliphatic carbocycles. The third kappa shape index (κ3) is 3.34. The van der Waals surface area contributed by atoms with Gasteiger partial charge in [-0.2, -0.15) is 4.98 Å². The SMILES string of the molecule is O=C(CN1CCc2c(oc3nc(C4CC4)ncc23)C1)N1CCN(C2CCC2)CC1. The lowest BCUT2D eigenvalue weighted by atomic mass is 9.91. The highest BCUT2D eigenvalue weighted by Gasteiger charge is 2.32. The van der Waals surface area contributed by atoms with Crippen LogP contribution in [0.4, 0.5) is 0 Å². The molecule has 0 aromatic carbocycles. The van der Waals surface area contributed by atoms with Gasteiger partial charge in [-0.15, -0.1) is 0 Å². The molecule has 0 spiro atoms. The Kier molecular flexibility index (Phi) is 4.34. The van der Waals surface area contributed by atoms with Crippen molar-refractivity contribution >= 4 is 17.0 Å². The Morgan fingerprint density at radius 2 is 1.93 bits per heavy atom. The van der Waals surface area contributed by atoms with Crippen LogP contribution >= 0.6 is 0 Å². The van der Waals surface area contributed by atoms with Crippen LogP contribution in [-0.4, -0.2) is 75.9 Å². The van der Waals surface area contributed by atoms with Gasteiger partial charge in [0.25, 0.3) is 0 Å². The molecular formula is C22H29N5O2. The number of rotatable bonds is 4. The fourth-order valence-electron chi connectivity index (χ4n) is 5.00. The standard InChI is InChI=1S/C22H29N5O2/c28-20(27-10-8-26(9-11-27)16-2-1-3-16)14-25-7-6-17-18-12-23-21(15-4-5-15)24-22(18)29-19(17)13-25/h12,15-16H,1-11,13-14H2. The molecule has 1 amide bonds. The molecule has 7 nitrogen and oxygen atoms in total. The molecule has 1 saturated heterocycles. The lowest BCUT2D eigenvalue weighted by Gasteiger charge is -2.43. The Balaban J connectivity index is 1.09. The summed E-state index contributed by atoms with van der Waals surface area (Å²) in [5.74, 6) is 2.68. The molecule has 2 aromatic rings. The number of aromatic nitrogens is 2. The van der Waals surface area contributed by atoms with Crippen LogP contribution in [0.2, 0.25) is 0 Å². The molecule has 2 saturated carbocycles. The minimum absolute atomic E-state index is 0.258. The second-order valence-corrected chi connectivity index (χ2v) is 9.19. The minimum atomic E-state index is 0.258. The molecule has 4 aliphatic rings. The number of hydrogen-bond donors (Lipinski definition) is 0. The van der Waals surface area contributed by atoms with Crippen molar-refractivity contribution in [2.75, 3.05) is 39.3 Å².